The number of amides is 1. The maximum atomic E-state index is 12.3. The molecule has 28 heavy (non-hydrogen) atoms. The first-order valence-electron chi connectivity index (χ1n) is 8.80. The van der Waals surface area contributed by atoms with Gasteiger partial charge in [0.1, 0.15) is 0 Å². The molecule has 0 saturated heterocycles. The molecule has 0 spiro atoms. The van der Waals surface area contributed by atoms with Crippen LogP contribution in [0, 0.1) is 13.8 Å². The summed E-state index contributed by atoms with van der Waals surface area (Å²) in [6.07, 6.45) is 0. The molecule has 3 aromatic rings. The zero-order chi connectivity index (χ0) is 20.3. The zero-order valence-corrected chi connectivity index (χ0v) is 16.6. The summed E-state index contributed by atoms with van der Waals surface area (Å²) in [6, 6.07) is 11.9. The van der Waals surface area contributed by atoms with Crippen molar-refractivity contribution in [3.05, 3.63) is 70.0 Å². The lowest BCUT2D eigenvalue weighted by molar-refractivity contribution is -0.124. The highest BCUT2D eigenvalue weighted by Crippen LogP contribution is 2.17. The molecule has 1 N–H and O–H groups in total. The number of aryl methyl sites for hydroxylation is 2. The molecular formula is C21H20ClN3O3. The Hall–Kier alpha value is -2.99. The predicted molar refractivity (Wildman–Crippen MR) is 107 cm³/mol. The van der Waals surface area contributed by atoms with Gasteiger partial charge in [0.05, 0.1) is 34.0 Å². The smallest absolute Gasteiger partial charge is 0.338 e. The first-order valence-corrected chi connectivity index (χ1v) is 9.18. The second kappa shape index (κ2) is 8.35. The highest BCUT2D eigenvalue weighted by atomic mass is 35.5. The molecule has 0 radical (unpaired) electrons. The van der Waals surface area contributed by atoms with Crippen molar-refractivity contribution >= 4 is 34.5 Å². The number of halogens is 1. The van der Waals surface area contributed by atoms with E-state index < -0.39 is 5.97 Å². The normalized spacial score (nSPS) is 11.9. The minimum atomic E-state index is -0.587. The van der Waals surface area contributed by atoms with Gasteiger partial charge in [0.15, 0.2) is 6.61 Å². The molecule has 1 atom stereocenters. The summed E-state index contributed by atoms with van der Waals surface area (Å²) in [5.74, 6) is -0.973. The lowest BCUT2D eigenvalue weighted by Crippen LogP contribution is -2.31. The fourth-order valence-corrected chi connectivity index (χ4v) is 2.82. The third-order valence-corrected chi connectivity index (χ3v) is 4.64. The number of hydrogen-bond donors (Lipinski definition) is 1. The monoisotopic (exact) mass is 397 g/mol. The summed E-state index contributed by atoms with van der Waals surface area (Å²) in [5.41, 5.74) is 4.18. The maximum absolute atomic E-state index is 12.3. The number of carbonyl (C=O) groups excluding carboxylic acids is 2. The number of carbonyl (C=O) groups is 2. The van der Waals surface area contributed by atoms with Crippen molar-refractivity contribution in [3.63, 3.8) is 0 Å². The molecule has 1 aromatic heterocycles. The largest absolute Gasteiger partial charge is 0.452 e. The van der Waals surface area contributed by atoms with Crippen LogP contribution in [0.2, 0.25) is 5.02 Å². The maximum Gasteiger partial charge on any atom is 0.338 e. The van der Waals surface area contributed by atoms with Crippen LogP contribution in [0.25, 0.3) is 11.0 Å². The van der Waals surface area contributed by atoms with Crippen LogP contribution >= 0.6 is 11.6 Å². The van der Waals surface area contributed by atoms with Gasteiger partial charge >= 0.3 is 5.97 Å². The number of benzene rings is 2. The van der Waals surface area contributed by atoms with Crippen LogP contribution in [-0.2, 0) is 9.53 Å². The van der Waals surface area contributed by atoms with Crippen LogP contribution in [-0.4, -0.2) is 28.5 Å². The summed E-state index contributed by atoms with van der Waals surface area (Å²) < 4.78 is 5.13. The van der Waals surface area contributed by atoms with Crippen molar-refractivity contribution in [2.45, 2.75) is 26.8 Å². The third kappa shape index (κ3) is 4.64. The van der Waals surface area contributed by atoms with Crippen molar-refractivity contribution in [1.82, 2.24) is 15.3 Å². The van der Waals surface area contributed by atoms with E-state index >= 15 is 0 Å². The first-order chi connectivity index (χ1) is 13.3. The van der Waals surface area contributed by atoms with Gasteiger partial charge in [0, 0.05) is 5.02 Å². The van der Waals surface area contributed by atoms with Gasteiger partial charge in [-0.1, -0.05) is 23.7 Å². The molecule has 0 aliphatic carbocycles. The van der Waals surface area contributed by atoms with Crippen molar-refractivity contribution in [3.8, 4) is 0 Å². The van der Waals surface area contributed by atoms with Gasteiger partial charge in [-0.2, -0.15) is 0 Å². The van der Waals surface area contributed by atoms with E-state index in [9.17, 15) is 9.59 Å². The van der Waals surface area contributed by atoms with E-state index in [-0.39, 0.29) is 18.6 Å². The van der Waals surface area contributed by atoms with Crippen LogP contribution in [0.3, 0.4) is 0 Å². The fourth-order valence-electron chi connectivity index (χ4n) is 2.69. The van der Waals surface area contributed by atoms with Crippen molar-refractivity contribution in [1.29, 1.82) is 0 Å². The minimum Gasteiger partial charge on any atom is -0.452 e. The zero-order valence-electron chi connectivity index (χ0n) is 15.8. The molecule has 0 aliphatic heterocycles. The minimum absolute atomic E-state index is 0.231. The Bertz CT molecular complexity index is 1030. The summed E-state index contributed by atoms with van der Waals surface area (Å²) in [7, 11) is 0. The molecule has 0 fully saturated rings. The number of fused-ring (bicyclic) bond motifs is 1. The summed E-state index contributed by atoms with van der Waals surface area (Å²) in [4.78, 5) is 33.2. The molecule has 0 unspecified atom stereocenters. The Morgan fingerprint density at radius 2 is 1.68 bits per heavy atom. The topological polar surface area (TPSA) is 81.2 Å². The van der Waals surface area contributed by atoms with Gasteiger partial charge in [0.2, 0.25) is 0 Å². The number of hydrogen-bond acceptors (Lipinski definition) is 5. The second-order valence-electron chi connectivity index (χ2n) is 6.51. The third-order valence-electron chi connectivity index (χ3n) is 4.39. The Balaban J connectivity index is 1.60. The molecule has 0 bridgehead atoms. The van der Waals surface area contributed by atoms with E-state index in [1.807, 2.05) is 32.9 Å². The van der Waals surface area contributed by atoms with Gasteiger partial charge in [0.25, 0.3) is 5.91 Å². The van der Waals surface area contributed by atoms with Crippen LogP contribution in [0.1, 0.15) is 40.3 Å². The van der Waals surface area contributed by atoms with Gasteiger partial charge in [-0.3, -0.25) is 4.79 Å². The number of nitrogens with one attached hydrogen (secondary N) is 1. The second-order valence-corrected chi connectivity index (χ2v) is 6.95. The van der Waals surface area contributed by atoms with Crippen molar-refractivity contribution in [2.75, 3.05) is 6.61 Å². The standard InChI is InChI=1S/C21H20ClN3O3/c1-12-13(2)24-19-10-16(6-9-18(19)23-12)21(27)28-11-20(26)25-14(3)15-4-7-17(22)8-5-15/h4-10,14H,11H2,1-3H3,(H,25,26)/t14-/m1/s1. The number of rotatable bonds is 5. The Labute approximate surface area is 167 Å². The fraction of sp³-hybridized carbons (Fsp3) is 0.238. The molecule has 7 heteroatoms. The van der Waals surface area contributed by atoms with Crippen molar-refractivity contribution < 1.29 is 14.3 Å². The van der Waals surface area contributed by atoms with Crippen molar-refractivity contribution in [2.24, 2.45) is 0 Å². The molecule has 1 heterocycles. The van der Waals surface area contributed by atoms with Gasteiger partial charge in [-0.05, 0) is 56.7 Å². The molecule has 3 rings (SSSR count). The molecule has 1 amide bonds. The SMILES string of the molecule is Cc1nc2ccc(C(=O)OCC(=O)N[C@H](C)c3ccc(Cl)cc3)cc2nc1C. The predicted octanol–water partition coefficient (Wildman–Crippen LogP) is 3.93. The lowest BCUT2D eigenvalue weighted by Gasteiger charge is -2.14. The Kier molecular flexibility index (Phi) is 5.90. The average Bonchev–Trinajstić information content (AvgIpc) is 2.67. The molecule has 144 valence electrons. The number of esters is 1. The summed E-state index contributed by atoms with van der Waals surface area (Å²) >= 11 is 5.86. The van der Waals surface area contributed by atoms with Crippen LogP contribution in [0.4, 0.5) is 0 Å². The average molecular weight is 398 g/mol. The summed E-state index contributed by atoms with van der Waals surface area (Å²) in [5, 5.41) is 3.41. The van der Waals surface area contributed by atoms with E-state index in [4.69, 9.17) is 16.3 Å². The summed E-state index contributed by atoms with van der Waals surface area (Å²) in [6.45, 7) is 5.22. The highest BCUT2D eigenvalue weighted by Gasteiger charge is 2.14. The van der Waals surface area contributed by atoms with Crippen LogP contribution in [0.5, 0.6) is 0 Å². The van der Waals surface area contributed by atoms with Crippen LogP contribution in [0.15, 0.2) is 42.5 Å². The van der Waals surface area contributed by atoms with E-state index in [2.05, 4.69) is 15.3 Å². The van der Waals surface area contributed by atoms with Gasteiger partial charge in [-0.25, -0.2) is 14.8 Å². The highest BCUT2D eigenvalue weighted by molar-refractivity contribution is 6.30. The van der Waals surface area contributed by atoms with Crippen LogP contribution < -0.4 is 5.32 Å². The quantitative estimate of drug-likeness (QED) is 0.659. The van der Waals surface area contributed by atoms with E-state index in [0.29, 0.717) is 21.6 Å². The number of nitrogens with zero attached hydrogens (tertiary/aromatic N) is 2. The molecule has 0 saturated carbocycles. The van der Waals surface area contributed by atoms with E-state index in [1.165, 1.54) is 0 Å². The Morgan fingerprint density at radius 1 is 1.04 bits per heavy atom. The number of aromatic nitrogens is 2. The molecule has 0 aliphatic rings. The first kappa shape index (κ1) is 19.8. The van der Waals surface area contributed by atoms with Gasteiger partial charge < -0.3 is 10.1 Å². The molecule has 2 aromatic carbocycles. The van der Waals surface area contributed by atoms with E-state index in [0.717, 1.165) is 17.0 Å². The Morgan fingerprint density at radius 3 is 2.36 bits per heavy atom. The molecular weight excluding hydrogens is 378 g/mol. The lowest BCUT2D eigenvalue weighted by atomic mass is 10.1. The van der Waals surface area contributed by atoms with E-state index in [1.54, 1.807) is 30.3 Å². The van der Waals surface area contributed by atoms with Gasteiger partial charge in [-0.15, -0.1) is 0 Å². The molecule has 6 nitrogen and oxygen atoms in total. The number of ether oxygens (including phenoxy) is 1.